The lowest BCUT2D eigenvalue weighted by Crippen LogP contribution is -2.39. The minimum atomic E-state index is -0.176. The molecule has 0 radical (unpaired) electrons. The zero-order chi connectivity index (χ0) is 12.3. The van der Waals surface area contributed by atoms with Crippen LogP contribution >= 0.6 is 0 Å². The lowest BCUT2D eigenvalue weighted by Gasteiger charge is -2.35. The van der Waals surface area contributed by atoms with Crippen LogP contribution < -0.4 is 0 Å². The Morgan fingerprint density at radius 2 is 2.29 bits per heavy atom. The number of amides is 1. The van der Waals surface area contributed by atoms with Crippen LogP contribution in [0.25, 0.3) is 0 Å². The number of hydrogen-bond acceptors (Lipinski definition) is 3. The third-order valence-electron chi connectivity index (χ3n) is 3.78. The van der Waals surface area contributed by atoms with E-state index in [4.69, 9.17) is 10.00 Å². The normalized spacial score (nSPS) is 32.0. The fraction of sp³-hybridized carbons (Fsp3) is 0.846. The van der Waals surface area contributed by atoms with Gasteiger partial charge in [0.05, 0.1) is 12.2 Å². The lowest BCUT2D eigenvalue weighted by atomic mass is 9.79. The Balaban J connectivity index is 1.74. The van der Waals surface area contributed by atoms with E-state index in [-0.39, 0.29) is 11.9 Å². The van der Waals surface area contributed by atoms with Gasteiger partial charge >= 0.3 is 0 Å². The van der Waals surface area contributed by atoms with Crippen molar-refractivity contribution in [2.75, 3.05) is 13.2 Å². The van der Waals surface area contributed by atoms with E-state index in [9.17, 15) is 4.79 Å². The van der Waals surface area contributed by atoms with Crippen molar-refractivity contribution >= 4 is 5.91 Å². The topological polar surface area (TPSA) is 53.3 Å². The van der Waals surface area contributed by atoms with Crippen molar-refractivity contribution in [1.29, 1.82) is 5.26 Å². The first-order valence-corrected chi connectivity index (χ1v) is 6.55. The first-order chi connectivity index (χ1) is 8.24. The lowest BCUT2D eigenvalue weighted by molar-refractivity contribution is -0.134. The van der Waals surface area contributed by atoms with E-state index in [0.717, 1.165) is 38.8 Å². The summed E-state index contributed by atoms with van der Waals surface area (Å²) in [6.07, 6.45) is 4.78. The summed E-state index contributed by atoms with van der Waals surface area (Å²) in [6, 6.07) is 2.04. The summed E-state index contributed by atoms with van der Waals surface area (Å²) in [4.78, 5) is 13.8. The molecule has 0 aromatic rings. The summed E-state index contributed by atoms with van der Waals surface area (Å²) < 4.78 is 5.48. The number of likely N-dealkylation sites (tertiary alicyclic amines) is 1. The van der Waals surface area contributed by atoms with Crippen LogP contribution in [0.4, 0.5) is 0 Å². The summed E-state index contributed by atoms with van der Waals surface area (Å²) in [7, 11) is 0. The van der Waals surface area contributed by atoms with Crippen LogP contribution in [0, 0.1) is 17.2 Å². The Morgan fingerprint density at radius 3 is 2.94 bits per heavy atom. The fourth-order valence-corrected chi connectivity index (χ4v) is 2.78. The third-order valence-corrected chi connectivity index (χ3v) is 3.78. The summed E-state index contributed by atoms with van der Waals surface area (Å²) >= 11 is 0. The number of carbonyl (C=O) groups is 1. The molecule has 2 rings (SSSR count). The van der Waals surface area contributed by atoms with Crippen LogP contribution in [0.2, 0.25) is 0 Å². The molecule has 1 aliphatic heterocycles. The molecule has 1 unspecified atom stereocenters. The second-order valence-corrected chi connectivity index (χ2v) is 4.99. The van der Waals surface area contributed by atoms with Crippen LogP contribution in [0.3, 0.4) is 0 Å². The zero-order valence-corrected chi connectivity index (χ0v) is 10.4. The summed E-state index contributed by atoms with van der Waals surface area (Å²) in [5, 5.41) is 8.94. The van der Waals surface area contributed by atoms with Crippen LogP contribution in [-0.2, 0) is 9.53 Å². The van der Waals surface area contributed by atoms with Crippen molar-refractivity contribution < 1.29 is 9.53 Å². The maximum absolute atomic E-state index is 12.0. The molecule has 4 heteroatoms. The van der Waals surface area contributed by atoms with Crippen LogP contribution in [0.5, 0.6) is 0 Å². The van der Waals surface area contributed by atoms with Gasteiger partial charge in [0.15, 0.2) is 0 Å². The number of hydrogen-bond donors (Lipinski definition) is 0. The van der Waals surface area contributed by atoms with Crippen molar-refractivity contribution in [3.63, 3.8) is 0 Å². The molecule has 0 spiro atoms. The molecular formula is C13H20N2O2. The quantitative estimate of drug-likeness (QED) is 0.746. The van der Waals surface area contributed by atoms with E-state index in [1.807, 2.05) is 6.92 Å². The van der Waals surface area contributed by atoms with Crippen LogP contribution in [0.1, 0.15) is 39.0 Å². The van der Waals surface area contributed by atoms with Crippen molar-refractivity contribution in [2.45, 2.75) is 51.2 Å². The van der Waals surface area contributed by atoms with E-state index in [1.165, 1.54) is 0 Å². The van der Waals surface area contributed by atoms with Gasteiger partial charge in [-0.05, 0) is 38.5 Å². The van der Waals surface area contributed by atoms with Gasteiger partial charge in [0, 0.05) is 19.6 Å². The summed E-state index contributed by atoms with van der Waals surface area (Å²) in [5.74, 6) is 0.632. The Bertz CT molecular complexity index is 318. The number of carbonyl (C=O) groups excluding carboxylic acids is 1. The molecule has 1 atom stereocenters. The van der Waals surface area contributed by atoms with Gasteiger partial charge in [-0.1, -0.05) is 0 Å². The Kier molecular flexibility index (Phi) is 4.01. The molecule has 0 aromatic carbocycles. The highest BCUT2D eigenvalue weighted by Crippen LogP contribution is 2.33. The van der Waals surface area contributed by atoms with Crippen LogP contribution in [0.15, 0.2) is 0 Å². The minimum absolute atomic E-state index is 0.161. The standard InChI is InChI=1S/C13H20N2O2/c1-2-17-12-6-10(7-12)8-13(16)15-5-3-4-11(15)9-14/h10-12H,2-8H2,1H3. The largest absolute Gasteiger partial charge is 0.378 e. The van der Waals surface area contributed by atoms with Crippen molar-refractivity contribution in [1.82, 2.24) is 4.90 Å². The number of nitrogens with zero attached hydrogens (tertiary/aromatic N) is 2. The highest BCUT2D eigenvalue weighted by Gasteiger charge is 2.35. The zero-order valence-electron chi connectivity index (χ0n) is 10.4. The van der Waals surface area contributed by atoms with Gasteiger partial charge in [0.25, 0.3) is 0 Å². The first-order valence-electron chi connectivity index (χ1n) is 6.55. The fourth-order valence-electron chi connectivity index (χ4n) is 2.78. The van der Waals surface area contributed by atoms with Gasteiger partial charge < -0.3 is 9.64 Å². The number of nitriles is 1. The second-order valence-electron chi connectivity index (χ2n) is 4.99. The highest BCUT2D eigenvalue weighted by atomic mass is 16.5. The smallest absolute Gasteiger partial charge is 0.223 e. The SMILES string of the molecule is CCOC1CC(CC(=O)N2CCCC2C#N)C1. The monoisotopic (exact) mass is 236 g/mol. The molecule has 1 saturated heterocycles. The summed E-state index contributed by atoms with van der Waals surface area (Å²) in [5.41, 5.74) is 0. The minimum Gasteiger partial charge on any atom is -0.378 e. The predicted octanol–water partition coefficient (Wildman–Crippen LogP) is 1.71. The molecule has 0 N–H and O–H groups in total. The number of ether oxygens (including phenoxy) is 1. The van der Waals surface area contributed by atoms with E-state index in [1.54, 1.807) is 4.90 Å². The molecule has 1 heterocycles. The van der Waals surface area contributed by atoms with Gasteiger partial charge in [-0.2, -0.15) is 5.26 Å². The van der Waals surface area contributed by atoms with Crippen molar-refractivity contribution in [2.24, 2.45) is 5.92 Å². The molecule has 4 nitrogen and oxygen atoms in total. The third kappa shape index (κ3) is 2.78. The Hall–Kier alpha value is -1.08. The van der Waals surface area contributed by atoms with E-state index in [2.05, 4.69) is 6.07 Å². The summed E-state index contributed by atoms with van der Waals surface area (Å²) in [6.45, 7) is 3.52. The molecule has 0 bridgehead atoms. The molecule has 1 aliphatic carbocycles. The molecule has 2 aliphatic rings. The Morgan fingerprint density at radius 1 is 1.53 bits per heavy atom. The maximum Gasteiger partial charge on any atom is 0.223 e. The van der Waals surface area contributed by atoms with Gasteiger partial charge in [0.2, 0.25) is 5.91 Å². The van der Waals surface area contributed by atoms with Gasteiger partial charge in [-0.3, -0.25) is 4.79 Å². The molecule has 94 valence electrons. The second kappa shape index (κ2) is 5.50. The molecule has 2 fully saturated rings. The van der Waals surface area contributed by atoms with Crippen molar-refractivity contribution in [3.8, 4) is 6.07 Å². The Labute approximate surface area is 103 Å². The van der Waals surface area contributed by atoms with E-state index in [0.29, 0.717) is 18.4 Å². The molecule has 1 amide bonds. The average molecular weight is 236 g/mol. The molecule has 17 heavy (non-hydrogen) atoms. The highest BCUT2D eigenvalue weighted by molar-refractivity contribution is 5.77. The maximum atomic E-state index is 12.0. The van der Waals surface area contributed by atoms with E-state index >= 15 is 0 Å². The average Bonchev–Trinajstić information content (AvgIpc) is 2.74. The molecule has 1 saturated carbocycles. The predicted molar refractivity (Wildman–Crippen MR) is 63.1 cm³/mol. The van der Waals surface area contributed by atoms with Gasteiger partial charge in [-0.15, -0.1) is 0 Å². The number of rotatable bonds is 4. The van der Waals surface area contributed by atoms with Gasteiger partial charge in [-0.25, -0.2) is 0 Å². The van der Waals surface area contributed by atoms with E-state index < -0.39 is 0 Å². The molecular weight excluding hydrogens is 216 g/mol. The van der Waals surface area contributed by atoms with Gasteiger partial charge in [0.1, 0.15) is 6.04 Å². The van der Waals surface area contributed by atoms with Crippen molar-refractivity contribution in [3.05, 3.63) is 0 Å². The molecule has 0 aromatic heterocycles. The van der Waals surface area contributed by atoms with Crippen LogP contribution in [-0.4, -0.2) is 36.1 Å². The first kappa shape index (κ1) is 12.4.